The highest BCUT2D eigenvalue weighted by Crippen LogP contribution is 2.17. The number of nitrogens with zero attached hydrogens (tertiary/aromatic N) is 1. The number of benzene rings is 1. The third-order valence-electron chi connectivity index (χ3n) is 3.41. The second-order valence-corrected chi connectivity index (χ2v) is 7.41. The van der Waals surface area contributed by atoms with E-state index in [2.05, 4.69) is 25.7 Å². The van der Waals surface area contributed by atoms with Crippen LogP contribution in [-0.2, 0) is 16.6 Å². The van der Waals surface area contributed by atoms with E-state index < -0.39 is 28.7 Å². The highest BCUT2D eigenvalue weighted by Gasteiger charge is 2.28. The molecule has 11 heteroatoms. The number of pyridine rings is 1. The van der Waals surface area contributed by atoms with E-state index in [-0.39, 0.29) is 29.4 Å². The molecule has 0 saturated carbocycles. The summed E-state index contributed by atoms with van der Waals surface area (Å²) in [5.41, 5.74) is 0.529. The fourth-order valence-corrected chi connectivity index (χ4v) is 3.08. The smallest absolute Gasteiger partial charge is 0.422 e. The number of rotatable bonds is 8. The first-order chi connectivity index (χ1) is 13.6. The molecule has 1 aromatic carbocycles. The monoisotopic (exact) mass is 427 g/mol. The lowest BCUT2D eigenvalue weighted by atomic mass is 10.2. The minimum Gasteiger partial charge on any atom is -0.468 e. The summed E-state index contributed by atoms with van der Waals surface area (Å²) in [5, 5.41) is 2.54. The Balaban J connectivity index is 2.03. The van der Waals surface area contributed by atoms with Crippen molar-refractivity contribution in [1.82, 2.24) is 15.0 Å². The van der Waals surface area contributed by atoms with Crippen LogP contribution in [0.1, 0.15) is 15.9 Å². The second-order valence-electron chi connectivity index (χ2n) is 5.65. The molecule has 7 nitrogen and oxygen atoms in total. The molecular weight excluding hydrogens is 411 g/mol. The van der Waals surface area contributed by atoms with Crippen LogP contribution in [0, 0.1) is 12.3 Å². The average Bonchev–Trinajstić information content (AvgIpc) is 2.69. The van der Waals surface area contributed by atoms with Gasteiger partial charge in [0.1, 0.15) is 0 Å². The van der Waals surface area contributed by atoms with Crippen LogP contribution in [0.3, 0.4) is 0 Å². The van der Waals surface area contributed by atoms with Gasteiger partial charge in [-0.25, -0.2) is 13.4 Å². The SMILES string of the molecule is C#CCNS(=O)(=O)c1cccc(C(=O)NCc2ccnc(OCC(F)(F)F)c2)c1. The van der Waals surface area contributed by atoms with Crippen LogP contribution in [0.15, 0.2) is 47.5 Å². The zero-order chi connectivity index (χ0) is 21.5. The molecule has 0 aliphatic rings. The summed E-state index contributed by atoms with van der Waals surface area (Å²) in [7, 11) is -3.86. The molecule has 29 heavy (non-hydrogen) atoms. The van der Waals surface area contributed by atoms with Gasteiger partial charge in [0.2, 0.25) is 15.9 Å². The fraction of sp³-hybridized carbons (Fsp3) is 0.222. The predicted molar refractivity (Wildman–Crippen MR) is 97.4 cm³/mol. The molecule has 2 aromatic rings. The third-order valence-corrected chi connectivity index (χ3v) is 4.81. The molecule has 0 fully saturated rings. The van der Waals surface area contributed by atoms with E-state index >= 15 is 0 Å². The van der Waals surface area contributed by atoms with Gasteiger partial charge in [0.15, 0.2) is 6.61 Å². The number of aromatic nitrogens is 1. The quantitative estimate of drug-likeness (QED) is 0.627. The third kappa shape index (κ3) is 7.10. The molecule has 0 bridgehead atoms. The molecule has 0 atom stereocenters. The zero-order valence-electron chi connectivity index (χ0n) is 14.9. The van der Waals surface area contributed by atoms with Gasteiger partial charge in [-0.15, -0.1) is 6.42 Å². The summed E-state index contributed by atoms with van der Waals surface area (Å²) in [6.07, 6.45) is 1.78. The first kappa shape index (κ1) is 22.2. The number of hydrogen-bond donors (Lipinski definition) is 2. The van der Waals surface area contributed by atoms with E-state index in [9.17, 15) is 26.4 Å². The highest BCUT2D eigenvalue weighted by molar-refractivity contribution is 7.89. The van der Waals surface area contributed by atoms with Crippen molar-refractivity contribution in [3.8, 4) is 18.2 Å². The summed E-state index contributed by atoms with van der Waals surface area (Å²) >= 11 is 0. The van der Waals surface area contributed by atoms with Gasteiger partial charge in [0, 0.05) is 24.4 Å². The van der Waals surface area contributed by atoms with E-state index in [0.29, 0.717) is 5.56 Å². The molecule has 0 aliphatic heterocycles. The summed E-state index contributed by atoms with van der Waals surface area (Å²) in [4.78, 5) is 15.8. The van der Waals surface area contributed by atoms with Gasteiger partial charge in [-0.05, 0) is 29.8 Å². The number of alkyl halides is 3. The standard InChI is InChI=1S/C18H16F3N3O4S/c1-2-7-24-29(26,27)15-5-3-4-14(10-15)17(25)23-11-13-6-8-22-16(9-13)28-12-18(19,20)21/h1,3-6,8-10,24H,7,11-12H2,(H,23,25). The maximum atomic E-state index is 12.3. The number of carbonyl (C=O) groups excluding carboxylic acids is 1. The number of sulfonamides is 1. The maximum absolute atomic E-state index is 12.3. The Morgan fingerprint density at radius 2 is 2.00 bits per heavy atom. The van der Waals surface area contributed by atoms with Gasteiger partial charge in [-0.2, -0.15) is 17.9 Å². The van der Waals surface area contributed by atoms with Gasteiger partial charge in [-0.3, -0.25) is 4.79 Å². The van der Waals surface area contributed by atoms with Crippen LogP contribution in [0.5, 0.6) is 5.88 Å². The molecule has 154 valence electrons. The van der Waals surface area contributed by atoms with E-state index in [1.54, 1.807) is 0 Å². The Morgan fingerprint density at radius 3 is 2.69 bits per heavy atom. The average molecular weight is 427 g/mol. The number of hydrogen-bond acceptors (Lipinski definition) is 5. The van der Waals surface area contributed by atoms with E-state index in [4.69, 9.17) is 6.42 Å². The van der Waals surface area contributed by atoms with Gasteiger partial charge in [-0.1, -0.05) is 12.0 Å². The Bertz CT molecular complexity index is 1020. The van der Waals surface area contributed by atoms with Gasteiger partial charge in [0.25, 0.3) is 5.91 Å². The molecule has 2 N–H and O–H groups in total. The predicted octanol–water partition coefficient (Wildman–Crippen LogP) is 1.86. The van der Waals surface area contributed by atoms with Crippen LogP contribution in [0.25, 0.3) is 0 Å². The highest BCUT2D eigenvalue weighted by atomic mass is 32.2. The molecule has 0 spiro atoms. The molecule has 0 aliphatic carbocycles. The Hall–Kier alpha value is -3.10. The van der Waals surface area contributed by atoms with E-state index in [0.717, 1.165) is 0 Å². The van der Waals surface area contributed by atoms with Gasteiger partial charge in [0.05, 0.1) is 11.4 Å². The fourth-order valence-electron chi connectivity index (χ4n) is 2.10. The number of nitrogens with one attached hydrogen (secondary N) is 2. The Kier molecular flexibility index (Phi) is 7.19. The van der Waals surface area contributed by atoms with E-state index in [1.807, 2.05) is 0 Å². The summed E-state index contributed by atoms with van der Waals surface area (Å²) in [5.74, 6) is 1.33. The minimum absolute atomic E-state index is 0.0317. The lowest BCUT2D eigenvalue weighted by Crippen LogP contribution is -2.26. The van der Waals surface area contributed by atoms with Crippen LogP contribution in [-0.4, -0.2) is 38.6 Å². The molecule has 1 heterocycles. The lowest BCUT2D eigenvalue weighted by molar-refractivity contribution is -0.154. The second kappa shape index (κ2) is 9.40. The van der Waals surface area contributed by atoms with Crippen molar-refractivity contribution in [1.29, 1.82) is 0 Å². The number of terminal acetylenes is 1. The molecule has 2 rings (SSSR count). The summed E-state index contributed by atoms with van der Waals surface area (Å²) < 4.78 is 67.5. The largest absolute Gasteiger partial charge is 0.468 e. The topological polar surface area (TPSA) is 97.4 Å². The molecule has 0 saturated heterocycles. The number of amides is 1. The van der Waals surface area contributed by atoms with Crippen molar-refractivity contribution in [2.24, 2.45) is 0 Å². The molecule has 1 amide bonds. The summed E-state index contributed by atoms with van der Waals surface area (Å²) in [6, 6.07) is 8.05. The minimum atomic E-state index is -4.49. The van der Waals surface area contributed by atoms with Crippen molar-refractivity contribution in [3.63, 3.8) is 0 Å². The molecule has 0 radical (unpaired) electrons. The first-order valence-corrected chi connectivity index (χ1v) is 9.55. The maximum Gasteiger partial charge on any atom is 0.422 e. The van der Waals surface area contributed by atoms with Crippen molar-refractivity contribution in [2.75, 3.05) is 13.2 Å². The van der Waals surface area contributed by atoms with Crippen LogP contribution in [0.2, 0.25) is 0 Å². The van der Waals surface area contributed by atoms with E-state index in [1.165, 1.54) is 42.6 Å². The van der Waals surface area contributed by atoms with Crippen molar-refractivity contribution >= 4 is 15.9 Å². The molecular formula is C18H16F3N3O4S. The van der Waals surface area contributed by atoms with Crippen molar-refractivity contribution < 1.29 is 31.1 Å². The number of carbonyl (C=O) groups is 1. The van der Waals surface area contributed by atoms with Gasteiger partial charge >= 0.3 is 6.18 Å². The van der Waals surface area contributed by atoms with Crippen LogP contribution in [0.4, 0.5) is 13.2 Å². The molecule has 1 aromatic heterocycles. The Labute approximate surface area is 165 Å². The first-order valence-electron chi connectivity index (χ1n) is 8.06. The zero-order valence-corrected chi connectivity index (χ0v) is 15.7. The Morgan fingerprint density at radius 1 is 1.24 bits per heavy atom. The number of halogens is 3. The summed E-state index contributed by atoms with van der Waals surface area (Å²) in [6.45, 7) is -1.71. The van der Waals surface area contributed by atoms with Crippen LogP contribution < -0.4 is 14.8 Å². The van der Waals surface area contributed by atoms with Gasteiger partial charge < -0.3 is 10.1 Å². The lowest BCUT2D eigenvalue weighted by Gasteiger charge is -2.10. The molecule has 0 unspecified atom stereocenters. The van der Waals surface area contributed by atoms with Crippen molar-refractivity contribution in [3.05, 3.63) is 53.7 Å². The normalized spacial score (nSPS) is 11.5. The van der Waals surface area contributed by atoms with Crippen molar-refractivity contribution in [2.45, 2.75) is 17.6 Å². The number of ether oxygens (including phenoxy) is 1. The van der Waals surface area contributed by atoms with Crippen LogP contribution >= 0.6 is 0 Å².